The predicted octanol–water partition coefficient (Wildman–Crippen LogP) is 3.52. The van der Waals surface area contributed by atoms with Crippen LogP contribution in [0.25, 0.3) is 0 Å². The third-order valence-electron chi connectivity index (χ3n) is 2.47. The van der Waals surface area contributed by atoms with Gasteiger partial charge in [0.1, 0.15) is 5.82 Å². The van der Waals surface area contributed by atoms with Crippen LogP contribution in [0.1, 0.15) is 15.9 Å². The van der Waals surface area contributed by atoms with E-state index in [9.17, 15) is 9.18 Å². The second-order valence-electron chi connectivity index (χ2n) is 3.82. The molecule has 0 unspecified atom stereocenters. The van der Waals surface area contributed by atoms with Crippen molar-refractivity contribution in [1.82, 2.24) is 5.32 Å². The Morgan fingerprint density at radius 3 is 2.28 bits per heavy atom. The number of benzene rings is 2. The van der Waals surface area contributed by atoms with Gasteiger partial charge >= 0.3 is 0 Å². The van der Waals surface area contributed by atoms with Crippen LogP contribution in [0.2, 0.25) is 0 Å². The summed E-state index contributed by atoms with van der Waals surface area (Å²) in [5, 5.41) is 2.78. The number of nitrogens with one attached hydrogen (secondary N) is 1. The zero-order valence-corrected chi connectivity index (χ0v) is 11.1. The van der Waals surface area contributed by atoms with E-state index in [1.807, 2.05) is 12.1 Å². The van der Waals surface area contributed by atoms with Crippen LogP contribution in [0.4, 0.5) is 4.39 Å². The van der Waals surface area contributed by atoms with Crippen molar-refractivity contribution >= 4 is 21.8 Å². The maximum atomic E-state index is 12.7. The maximum Gasteiger partial charge on any atom is 0.251 e. The van der Waals surface area contributed by atoms with E-state index in [2.05, 4.69) is 21.2 Å². The molecule has 0 saturated heterocycles. The molecule has 0 saturated carbocycles. The Labute approximate surface area is 113 Å². The summed E-state index contributed by atoms with van der Waals surface area (Å²) >= 11 is 3.31. The quantitative estimate of drug-likeness (QED) is 0.923. The second kappa shape index (κ2) is 5.78. The van der Waals surface area contributed by atoms with Crippen molar-refractivity contribution in [3.05, 3.63) is 69.9 Å². The first kappa shape index (κ1) is 12.8. The molecule has 1 amide bonds. The van der Waals surface area contributed by atoms with Crippen molar-refractivity contribution in [3.63, 3.8) is 0 Å². The van der Waals surface area contributed by atoms with Gasteiger partial charge in [0.2, 0.25) is 0 Å². The minimum absolute atomic E-state index is 0.146. The van der Waals surface area contributed by atoms with Gasteiger partial charge in [0.25, 0.3) is 5.91 Å². The van der Waals surface area contributed by atoms with Crippen LogP contribution in [0, 0.1) is 5.82 Å². The van der Waals surface area contributed by atoms with Crippen LogP contribution in [-0.2, 0) is 6.54 Å². The summed E-state index contributed by atoms with van der Waals surface area (Å²) < 4.78 is 13.6. The molecular weight excluding hydrogens is 297 g/mol. The van der Waals surface area contributed by atoms with Gasteiger partial charge in [-0.25, -0.2) is 4.39 Å². The highest BCUT2D eigenvalue weighted by atomic mass is 79.9. The molecular formula is C14H11BrFNO. The number of hydrogen-bond donors (Lipinski definition) is 1. The Bertz CT molecular complexity index is 537. The third-order valence-corrected chi connectivity index (χ3v) is 3.00. The van der Waals surface area contributed by atoms with Crippen molar-refractivity contribution in [1.29, 1.82) is 0 Å². The molecule has 0 fully saturated rings. The molecule has 4 heteroatoms. The topological polar surface area (TPSA) is 29.1 Å². The van der Waals surface area contributed by atoms with Crippen LogP contribution in [0.15, 0.2) is 53.0 Å². The monoisotopic (exact) mass is 307 g/mol. The van der Waals surface area contributed by atoms with Gasteiger partial charge in [-0.2, -0.15) is 0 Å². The van der Waals surface area contributed by atoms with Gasteiger partial charge in [0, 0.05) is 16.6 Å². The van der Waals surface area contributed by atoms with E-state index < -0.39 is 0 Å². The molecule has 2 aromatic rings. The molecule has 0 aliphatic rings. The number of hydrogen-bond acceptors (Lipinski definition) is 1. The molecule has 2 aromatic carbocycles. The number of amides is 1. The van der Waals surface area contributed by atoms with Gasteiger partial charge in [-0.05, 0) is 42.0 Å². The minimum Gasteiger partial charge on any atom is -0.348 e. The molecule has 0 aliphatic heterocycles. The number of halogens is 2. The Morgan fingerprint density at radius 2 is 1.67 bits per heavy atom. The first-order chi connectivity index (χ1) is 8.65. The lowest BCUT2D eigenvalue weighted by atomic mass is 10.2. The van der Waals surface area contributed by atoms with Crippen LogP contribution in [0.3, 0.4) is 0 Å². The standard InChI is InChI=1S/C14H11BrFNO/c15-12-5-3-11(4-6-12)14(18)17-9-10-1-7-13(16)8-2-10/h1-8H,9H2,(H,17,18). The summed E-state index contributed by atoms with van der Waals surface area (Å²) in [5.41, 5.74) is 1.46. The van der Waals surface area contributed by atoms with Crippen molar-refractivity contribution in [2.75, 3.05) is 0 Å². The maximum absolute atomic E-state index is 12.7. The molecule has 2 rings (SSSR count). The Hall–Kier alpha value is -1.68. The molecule has 92 valence electrons. The Kier molecular flexibility index (Phi) is 4.10. The van der Waals surface area contributed by atoms with E-state index in [1.54, 1.807) is 24.3 Å². The fourth-order valence-electron chi connectivity index (χ4n) is 1.49. The summed E-state index contributed by atoms with van der Waals surface area (Å²) in [6.45, 7) is 0.384. The SMILES string of the molecule is O=C(NCc1ccc(F)cc1)c1ccc(Br)cc1. The number of rotatable bonds is 3. The first-order valence-electron chi connectivity index (χ1n) is 5.43. The largest absolute Gasteiger partial charge is 0.348 e. The molecule has 0 radical (unpaired) electrons. The zero-order valence-electron chi connectivity index (χ0n) is 9.49. The third kappa shape index (κ3) is 3.40. The summed E-state index contributed by atoms with van der Waals surface area (Å²) in [6, 6.07) is 13.2. The fourth-order valence-corrected chi connectivity index (χ4v) is 1.75. The van der Waals surface area contributed by atoms with Gasteiger partial charge < -0.3 is 5.32 Å². The molecule has 0 bridgehead atoms. The lowest BCUT2D eigenvalue weighted by Crippen LogP contribution is -2.22. The van der Waals surface area contributed by atoms with Gasteiger partial charge in [-0.15, -0.1) is 0 Å². The van der Waals surface area contributed by atoms with E-state index in [-0.39, 0.29) is 11.7 Å². The minimum atomic E-state index is -0.280. The average molecular weight is 308 g/mol. The number of carbonyl (C=O) groups is 1. The van der Waals surface area contributed by atoms with Crippen LogP contribution >= 0.6 is 15.9 Å². The van der Waals surface area contributed by atoms with Gasteiger partial charge in [-0.3, -0.25) is 4.79 Å². The molecule has 0 aromatic heterocycles. The van der Waals surface area contributed by atoms with Gasteiger partial charge in [0.15, 0.2) is 0 Å². The van der Waals surface area contributed by atoms with Crippen molar-refractivity contribution in [2.45, 2.75) is 6.54 Å². The first-order valence-corrected chi connectivity index (χ1v) is 6.22. The Balaban J connectivity index is 1.96. The molecule has 1 N–H and O–H groups in total. The van der Waals surface area contributed by atoms with E-state index >= 15 is 0 Å². The smallest absolute Gasteiger partial charge is 0.251 e. The molecule has 0 atom stereocenters. The molecule has 0 aliphatic carbocycles. The van der Waals surface area contributed by atoms with Crippen molar-refractivity contribution in [2.24, 2.45) is 0 Å². The predicted molar refractivity (Wildman–Crippen MR) is 71.7 cm³/mol. The molecule has 18 heavy (non-hydrogen) atoms. The highest BCUT2D eigenvalue weighted by molar-refractivity contribution is 9.10. The fraction of sp³-hybridized carbons (Fsp3) is 0.0714. The second-order valence-corrected chi connectivity index (χ2v) is 4.73. The van der Waals surface area contributed by atoms with E-state index in [0.717, 1.165) is 10.0 Å². The summed E-state index contributed by atoms with van der Waals surface area (Å²) in [4.78, 5) is 11.8. The van der Waals surface area contributed by atoms with Crippen LogP contribution < -0.4 is 5.32 Å². The van der Waals surface area contributed by atoms with E-state index in [4.69, 9.17) is 0 Å². The normalized spacial score (nSPS) is 10.1. The zero-order chi connectivity index (χ0) is 13.0. The van der Waals surface area contributed by atoms with Crippen LogP contribution in [-0.4, -0.2) is 5.91 Å². The average Bonchev–Trinajstić information content (AvgIpc) is 2.38. The molecule has 0 spiro atoms. The van der Waals surface area contributed by atoms with Crippen LogP contribution in [0.5, 0.6) is 0 Å². The summed E-state index contributed by atoms with van der Waals surface area (Å²) in [5.74, 6) is -0.426. The van der Waals surface area contributed by atoms with Gasteiger partial charge in [0.05, 0.1) is 0 Å². The summed E-state index contributed by atoms with van der Waals surface area (Å²) in [6.07, 6.45) is 0. The Morgan fingerprint density at radius 1 is 1.06 bits per heavy atom. The lowest BCUT2D eigenvalue weighted by molar-refractivity contribution is 0.0951. The lowest BCUT2D eigenvalue weighted by Gasteiger charge is -2.05. The van der Waals surface area contributed by atoms with Gasteiger partial charge in [-0.1, -0.05) is 28.1 Å². The van der Waals surface area contributed by atoms with E-state index in [1.165, 1.54) is 12.1 Å². The van der Waals surface area contributed by atoms with Crippen molar-refractivity contribution in [3.8, 4) is 0 Å². The summed E-state index contributed by atoms with van der Waals surface area (Å²) in [7, 11) is 0. The van der Waals surface area contributed by atoms with E-state index in [0.29, 0.717) is 12.1 Å². The molecule has 0 heterocycles. The number of carbonyl (C=O) groups excluding carboxylic acids is 1. The highest BCUT2D eigenvalue weighted by Gasteiger charge is 2.04. The molecule has 2 nitrogen and oxygen atoms in total. The van der Waals surface area contributed by atoms with Crippen molar-refractivity contribution < 1.29 is 9.18 Å². The highest BCUT2D eigenvalue weighted by Crippen LogP contribution is 2.10.